The van der Waals surface area contributed by atoms with Crippen LogP contribution in [-0.4, -0.2) is 46.3 Å². The zero-order valence-corrected chi connectivity index (χ0v) is 18.1. The van der Waals surface area contributed by atoms with Gasteiger partial charge in [0.05, 0.1) is 11.4 Å². The van der Waals surface area contributed by atoms with Crippen LogP contribution in [0.2, 0.25) is 0 Å². The van der Waals surface area contributed by atoms with E-state index in [1.54, 1.807) is 17.3 Å². The molecule has 1 aliphatic rings. The second-order valence-electron chi connectivity index (χ2n) is 8.06. The first-order chi connectivity index (χ1) is 15.1. The van der Waals surface area contributed by atoms with Crippen LogP contribution < -0.4 is 4.74 Å². The molecule has 0 unspecified atom stereocenters. The Hall–Kier alpha value is -3.25. The molecule has 1 amide bonds. The number of hydrogen-bond donors (Lipinski definition) is 0. The van der Waals surface area contributed by atoms with Gasteiger partial charge in [-0.15, -0.1) is 0 Å². The van der Waals surface area contributed by atoms with Crippen LogP contribution in [0.1, 0.15) is 29.8 Å². The lowest BCUT2D eigenvalue weighted by molar-refractivity contribution is -0.141. The number of amides is 1. The molecule has 3 heterocycles. The molecule has 1 atom stereocenters. The minimum atomic E-state index is -0.740. The Morgan fingerprint density at radius 2 is 1.87 bits per heavy atom. The van der Waals surface area contributed by atoms with Gasteiger partial charge in [-0.2, -0.15) is 0 Å². The smallest absolute Gasteiger partial charge is 0.248 e. The van der Waals surface area contributed by atoms with E-state index in [1.165, 1.54) is 0 Å². The molecule has 2 aromatic heterocycles. The number of nitrogens with zero attached hydrogens (tertiary/aromatic N) is 4. The summed E-state index contributed by atoms with van der Waals surface area (Å²) >= 11 is 0. The fourth-order valence-corrected chi connectivity index (χ4v) is 4.30. The first kappa shape index (κ1) is 21.0. The Labute approximate surface area is 183 Å². The number of benzene rings is 1. The zero-order chi connectivity index (χ0) is 21.7. The summed E-state index contributed by atoms with van der Waals surface area (Å²) in [5.41, 5.74) is 2.06. The lowest BCUT2D eigenvalue weighted by atomic mass is 9.89. The molecule has 1 fully saturated rings. The van der Waals surface area contributed by atoms with Crippen LogP contribution in [0.25, 0.3) is 0 Å². The summed E-state index contributed by atoms with van der Waals surface area (Å²) < 4.78 is 5.95. The van der Waals surface area contributed by atoms with Gasteiger partial charge in [0.15, 0.2) is 0 Å². The van der Waals surface area contributed by atoms with Crippen molar-refractivity contribution in [3.63, 3.8) is 0 Å². The molecule has 0 spiro atoms. The third-order valence-corrected chi connectivity index (χ3v) is 5.74. The number of aromatic nitrogens is 2. The molecule has 4 rings (SSSR count). The van der Waals surface area contributed by atoms with Gasteiger partial charge in [0.1, 0.15) is 17.9 Å². The summed E-state index contributed by atoms with van der Waals surface area (Å²) in [7, 11) is 3.63. The fraction of sp³-hybridized carbons (Fsp3) is 0.320. The van der Waals surface area contributed by atoms with Crippen molar-refractivity contribution in [3.8, 4) is 5.75 Å². The lowest BCUT2D eigenvalue weighted by Gasteiger charge is -2.38. The van der Waals surface area contributed by atoms with Crippen molar-refractivity contribution >= 4 is 5.91 Å². The van der Waals surface area contributed by atoms with Gasteiger partial charge in [-0.1, -0.05) is 24.3 Å². The highest BCUT2D eigenvalue weighted by Gasteiger charge is 2.50. The van der Waals surface area contributed by atoms with Gasteiger partial charge < -0.3 is 9.64 Å². The number of rotatable bonds is 7. The van der Waals surface area contributed by atoms with Gasteiger partial charge in [0.2, 0.25) is 5.91 Å². The molecule has 0 N–H and O–H groups in total. The first-order valence-corrected chi connectivity index (χ1v) is 10.6. The Morgan fingerprint density at radius 3 is 2.58 bits per heavy atom. The Morgan fingerprint density at radius 1 is 1.06 bits per heavy atom. The molecule has 3 aromatic rings. The standard InChI is InChI=1S/C25H28N4O2/c1-28(2)24(30)25(23-12-4-6-15-27-23)13-8-16-29(25)18-20-9-7-11-22(17-20)31-19-21-10-3-5-14-26-21/h3-7,9-12,14-15,17H,8,13,16,18-19H2,1-2H3/t25-/m0/s1. The van der Waals surface area contributed by atoms with E-state index >= 15 is 0 Å². The van der Waals surface area contributed by atoms with Crippen molar-refractivity contribution in [1.82, 2.24) is 19.8 Å². The van der Waals surface area contributed by atoms with Crippen LogP contribution in [-0.2, 0) is 23.5 Å². The number of hydrogen-bond acceptors (Lipinski definition) is 5. The second kappa shape index (κ2) is 9.27. The highest BCUT2D eigenvalue weighted by atomic mass is 16.5. The molecule has 6 nitrogen and oxygen atoms in total. The molecule has 0 saturated carbocycles. The fourth-order valence-electron chi connectivity index (χ4n) is 4.30. The molecule has 160 valence electrons. The van der Waals surface area contributed by atoms with E-state index in [4.69, 9.17) is 4.74 Å². The van der Waals surface area contributed by atoms with Crippen LogP contribution >= 0.6 is 0 Å². The van der Waals surface area contributed by atoms with Crippen LogP contribution in [0.15, 0.2) is 73.1 Å². The Kier molecular flexibility index (Phi) is 6.28. The van der Waals surface area contributed by atoms with E-state index in [1.807, 2.05) is 68.7 Å². The van der Waals surface area contributed by atoms with Crippen LogP contribution in [0.5, 0.6) is 5.75 Å². The average Bonchev–Trinajstić information content (AvgIpc) is 3.23. The van der Waals surface area contributed by atoms with Gasteiger partial charge in [-0.3, -0.25) is 19.7 Å². The largest absolute Gasteiger partial charge is 0.487 e. The number of ether oxygens (including phenoxy) is 1. The SMILES string of the molecule is CN(C)C(=O)[C@@]1(c2ccccn2)CCCN1Cc1cccc(OCc2ccccn2)c1. The summed E-state index contributed by atoms with van der Waals surface area (Å²) in [5.74, 6) is 0.871. The van der Waals surface area contributed by atoms with E-state index in [0.717, 1.165) is 42.1 Å². The molecular weight excluding hydrogens is 388 g/mol. The molecule has 6 heteroatoms. The van der Waals surface area contributed by atoms with Crippen LogP contribution in [0, 0.1) is 0 Å². The maximum Gasteiger partial charge on any atom is 0.248 e. The number of likely N-dealkylation sites (tertiary alicyclic amines) is 1. The molecule has 1 aromatic carbocycles. The van der Waals surface area contributed by atoms with Crippen molar-refractivity contribution in [2.45, 2.75) is 31.5 Å². The van der Waals surface area contributed by atoms with Crippen LogP contribution in [0.3, 0.4) is 0 Å². The molecule has 0 aliphatic carbocycles. The third kappa shape index (κ3) is 4.44. The van der Waals surface area contributed by atoms with E-state index in [2.05, 4.69) is 20.9 Å². The maximum absolute atomic E-state index is 13.4. The predicted molar refractivity (Wildman–Crippen MR) is 119 cm³/mol. The third-order valence-electron chi connectivity index (χ3n) is 5.74. The second-order valence-corrected chi connectivity index (χ2v) is 8.06. The number of carbonyl (C=O) groups excluding carboxylic acids is 1. The first-order valence-electron chi connectivity index (χ1n) is 10.6. The van der Waals surface area contributed by atoms with Crippen molar-refractivity contribution in [3.05, 3.63) is 90.0 Å². The monoisotopic (exact) mass is 416 g/mol. The normalized spacial score (nSPS) is 18.6. The van der Waals surface area contributed by atoms with Gasteiger partial charge in [-0.05, 0) is 61.3 Å². The Balaban J connectivity index is 1.56. The Bertz CT molecular complexity index is 1010. The lowest BCUT2D eigenvalue weighted by Crippen LogP contribution is -2.52. The summed E-state index contributed by atoms with van der Waals surface area (Å²) in [6.45, 7) is 1.91. The molecule has 1 aliphatic heterocycles. The predicted octanol–water partition coefficient (Wildman–Crippen LogP) is 3.64. The number of likely N-dealkylation sites (N-methyl/N-ethyl adjacent to an activating group) is 1. The van der Waals surface area contributed by atoms with Crippen LogP contribution in [0.4, 0.5) is 0 Å². The number of carbonyl (C=O) groups is 1. The summed E-state index contributed by atoms with van der Waals surface area (Å²) in [5, 5.41) is 0. The van der Waals surface area contributed by atoms with Crippen molar-refractivity contribution in [2.24, 2.45) is 0 Å². The van der Waals surface area contributed by atoms with Crippen molar-refractivity contribution < 1.29 is 9.53 Å². The summed E-state index contributed by atoms with van der Waals surface area (Å²) in [4.78, 5) is 26.2. The van der Waals surface area contributed by atoms with Gasteiger partial charge >= 0.3 is 0 Å². The van der Waals surface area contributed by atoms with E-state index in [9.17, 15) is 4.79 Å². The minimum Gasteiger partial charge on any atom is -0.487 e. The highest BCUT2D eigenvalue weighted by Crippen LogP contribution is 2.40. The van der Waals surface area contributed by atoms with Crippen molar-refractivity contribution in [2.75, 3.05) is 20.6 Å². The molecule has 0 radical (unpaired) electrons. The van der Waals surface area contributed by atoms with E-state index < -0.39 is 5.54 Å². The quantitative estimate of drug-likeness (QED) is 0.589. The van der Waals surface area contributed by atoms with Gasteiger partial charge in [0, 0.05) is 33.0 Å². The molecule has 0 bridgehead atoms. The molecule has 31 heavy (non-hydrogen) atoms. The van der Waals surface area contributed by atoms with E-state index in [-0.39, 0.29) is 5.91 Å². The summed E-state index contributed by atoms with van der Waals surface area (Å²) in [6.07, 6.45) is 5.24. The van der Waals surface area contributed by atoms with Gasteiger partial charge in [-0.25, -0.2) is 0 Å². The average molecular weight is 417 g/mol. The summed E-state index contributed by atoms with van der Waals surface area (Å²) in [6, 6.07) is 19.7. The molecular formula is C25H28N4O2. The minimum absolute atomic E-state index is 0.0752. The maximum atomic E-state index is 13.4. The topological polar surface area (TPSA) is 58.6 Å². The number of pyridine rings is 2. The van der Waals surface area contributed by atoms with Crippen molar-refractivity contribution in [1.29, 1.82) is 0 Å². The zero-order valence-electron chi connectivity index (χ0n) is 18.1. The molecule has 1 saturated heterocycles. The van der Waals surface area contributed by atoms with E-state index in [0.29, 0.717) is 13.2 Å². The van der Waals surface area contributed by atoms with Gasteiger partial charge in [0.25, 0.3) is 0 Å². The highest BCUT2D eigenvalue weighted by molar-refractivity contribution is 5.87.